The van der Waals surface area contributed by atoms with Crippen LogP contribution in [-0.4, -0.2) is 12.6 Å². The Balaban J connectivity index is 3.37. The van der Waals surface area contributed by atoms with Gasteiger partial charge in [-0.1, -0.05) is 0 Å². The lowest BCUT2D eigenvalue weighted by molar-refractivity contribution is -0.142. The van der Waals surface area contributed by atoms with Gasteiger partial charge in [0.05, 0.1) is 30.2 Å². The van der Waals surface area contributed by atoms with E-state index in [2.05, 4.69) is 4.74 Å². The maximum absolute atomic E-state index is 12.8. The summed E-state index contributed by atoms with van der Waals surface area (Å²) in [6.07, 6.45) is -8.94. The van der Waals surface area contributed by atoms with Crippen LogP contribution in [0.25, 0.3) is 0 Å². The molecule has 0 heterocycles. The third-order valence-corrected chi connectivity index (χ3v) is 2.58. The zero-order chi connectivity index (χ0) is 16.2. The molecule has 0 aliphatic rings. The number of halogens is 5. The highest BCUT2D eigenvalue weighted by molar-refractivity contribution is 5.74. The molecule has 0 bridgehead atoms. The molecule has 0 aliphatic heterocycles. The number of rotatable bonds is 4. The molecule has 0 saturated carbocycles. The number of nitrogens with zero attached hydrogens (tertiary/aromatic N) is 1. The molecule has 1 aromatic carbocycles. The van der Waals surface area contributed by atoms with Crippen LogP contribution in [0.1, 0.15) is 35.6 Å². The molecule has 0 fully saturated rings. The molecule has 0 spiro atoms. The zero-order valence-electron chi connectivity index (χ0n) is 10.8. The Morgan fingerprint density at radius 3 is 2.43 bits per heavy atom. The second-order valence-corrected chi connectivity index (χ2v) is 3.99. The minimum atomic E-state index is -5.01. The molecular weight excluding hydrogens is 297 g/mol. The Morgan fingerprint density at radius 2 is 2.00 bits per heavy atom. The van der Waals surface area contributed by atoms with Crippen molar-refractivity contribution in [3.05, 3.63) is 34.4 Å². The van der Waals surface area contributed by atoms with Gasteiger partial charge in [0.25, 0.3) is 6.43 Å². The first-order valence-corrected chi connectivity index (χ1v) is 5.78. The van der Waals surface area contributed by atoms with E-state index in [1.165, 1.54) is 13.0 Å². The van der Waals surface area contributed by atoms with Crippen molar-refractivity contribution in [3.8, 4) is 6.07 Å². The lowest BCUT2D eigenvalue weighted by Crippen LogP contribution is -2.14. The fourth-order valence-corrected chi connectivity index (χ4v) is 1.71. The third kappa shape index (κ3) is 4.15. The summed E-state index contributed by atoms with van der Waals surface area (Å²) in [4.78, 5) is 11.3. The van der Waals surface area contributed by atoms with Crippen LogP contribution < -0.4 is 0 Å². The smallest absolute Gasteiger partial charge is 0.416 e. The first-order chi connectivity index (χ1) is 9.70. The van der Waals surface area contributed by atoms with Gasteiger partial charge < -0.3 is 4.74 Å². The lowest BCUT2D eigenvalue weighted by atomic mass is 9.96. The number of nitriles is 1. The van der Waals surface area contributed by atoms with Gasteiger partial charge >= 0.3 is 12.1 Å². The number of hydrogen-bond donors (Lipinski definition) is 0. The minimum Gasteiger partial charge on any atom is -0.466 e. The van der Waals surface area contributed by atoms with E-state index in [1.54, 1.807) is 0 Å². The summed E-state index contributed by atoms with van der Waals surface area (Å²) in [6.45, 7) is 1.55. The molecule has 0 atom stereocenters. The van der Waals surface area contributed by atoms with Crippen molar-refractivity contribution in [2.45, 2.75) is 25.9 Å². The third-order valence-electron chi connectivity index (χ3n) is 2.58. The van der Waals surface area contributed by atoms with Crippen molar-refractivity contribution in [2.75, 3.05) is 6.61 Å². The van der Waals surface area contributed by atoms with Crippen LogP contribution in [-0.2, 0) is 22.1 Å². The first kappa shape index (κ1) is 16.9. The van der Waals surface area contributed by atoms with Crippen LogP contribution in [0.3, 0.4) is 0 Å². The zero-order valence-corrected chi connectivity index (χ0v) is 10.8. The number of hydrogen-bond acceptors (Lipinski definition) is 3. The van der Waals surface area contributed by atoms with Crippen LogP contribution in [0.5, 0.6) is 0 Å². The Labute approximate surface area is 116 Å². The van der Waals surface area contributed by atoms with Gasteiger partial charge in [0.1, 0.15) is 0 Å². The molecule has 0 aromatic heterocycles. The van der Waals surface area contributed by atoms with Gasteiger partial charge in [-0.15, -0.1) is 0 Å². The summed E-state index contributed by atoms with van der Waals surface area (Å²) in [6, 6.07) is 2.33. The molecule has 0 N–H and O–H groups in total. The van der Waals surface area contributed by atoms with E-state index in [1.807, 2.05) is 0 Å². The van der Waals surface area contributed by atoms with Crippen molar-refractivity contribution < 1.29 is 31.5 Å². The standard InChI is InChI=1S/C13H10F5NO2/c1-2-21-11(20)5-7-3-9(12(14)15)10(13(16,17)18)4-8(7)6-19/h3-4,12H,2,5H2,1H3. The van der Waals surface area contributed by atoms with E-state index >= 15 is 0 Å². The summed E-state index contributed by atoms with van der Waals surface area (Å²) >= 11 is 0. The first-order valence-electron chi connectivity index (χ1n) is 5.78. The molecule has 8 heteroatoms. The second kappa shape index (κ2) is 6.52. The summed E-state index contributed by atoms with van der Waals surface area (Å²) in [5.74, 6) is -0.811. The summed E-state index contributed by atoms with van der Waals surface area (Å²) in [5, 5.41) is 8.82. The van der Waals surface area contributed by atoms with E-state index in [4.69, 9.17) is 5.26 Å². The molecule has 1 rings (SSSR count). The molecule has 3 nitrogen and oxygen atoms in total. The van der Waals surface area contributed by atoms with Crippen molar-refractivity contribution in [1.29, 1.82) is 5.26 Å². The topological polar surface area (TPSA) is 50.1 Å². The fourth-order valence-electron chi connectivity index (χ4n) is 1.71. The molecule has 0 aliphatic carbocycles. The Hall–Kier alpha value is -2.17. The van der Waals surface area contributed by atoms with Gasteiger partial charge in [0.15, 0.2) is 0 Å². The second-order valence-electron chi connectivity index (χ2n) is 3.99. The van der Waals surface area contributed by atoms with Crippen LogP contribution >= 0.6 is 0 Å². The number of ether oxygens (including phenoxy) is 1. The predicted molar refractivity (Wildman–Crippen MR) is 61.5 cm³/mol. The molecule has 0 unspecified atom stereocenters. The minimum absolute atomic E-state index is 0.0308. The van der Waals surface area contributed by atoms with E-state index in [-0.39, 0.29) is 12.2 Å². The molecular formula is C13H10F5NO2. The predicted octanol–water partition coefficient (Wildman–Crippen LogP) is 3.62. The molecule has 1 aromatic rings. The number of esters is 1. The lowest BCUT2D eigenvalue weighted by Gasteiger charge is -2.15. The summed E-state index contributed by atoms with van der Waals surface area (Å²) in [7, 11) is 0. The molecule has 0 radical (unpaired) electrons. The Kier molecular flexibility index (Phi) is 5.24. The summed E-state index contributed by atoms with van der Waals surface area (Å²) in [5.41, 5.74) is -3.55. The van der Waals surface area contributed by atoms with Crippen LogP contribution in [0.15, 0.2) is 12.1 Å². The Morgan fingerprint density at radius 1 is 1.38 bits per heavy atom. The number of carbonyl (C=O) groups excluding carboxylic acids is 1. The van der Waals surface area contributed by atoms with Crippen molar-refractivity contribution >= 4 is 5.97 Å². The molecule has 21 heavy (non-hydrogen) atoms. The average molecular weight is 307 g/mol. The van der Waals surface area contributed by atoms with Crippen LogP contribution in [0, 0.1) is 11.3 Å². The highest BCUT2D eigenvalue weighted by atomic mass is 19.4. The normalized spacial score (nSPS) is 11.3. The van der Waals surface area contributed by atoms with Gasteiger partial charge in [0, 0.05) is 5.56 Å². The number of benzene rings is 1. The highest BCUT2D eigenvalue weighted by Gasteiger charge is 2.36. The van der Waals surface area contributed by atoms with Gasteiger partial charge in [-0.3, -0.25) is 4.79 Å². The van der Waals surface area contributed by atoms with Crippen molar-refractivity contribution in [1.82, 2.24) is 0 Å². The molecule has 0 saturated heterocycles. The average Bonchev–Trinajstić information content (AvgIpc) is 2.37. The largest absolute Gasteiger partial charge is 0.466 e. The Bertz CT molecular complexity index is 575. The van der Waals surface area contributed by atoms with E-state index < -0.39 is 41.7 Å². The van der Waals surface area contributed by atoms with E-state index in [0.717, 1.165) is 0 Å². The van der Waals surface area contributed by atoms with Gasteiger partial charge in [-0.05, 0) is 24.6 Å². The van der Waals surface area contributed by atoms with E-state index in [9.17, 15) is 26.7 Å². The number of carbonyl (C=O) groups is 1. The SMILES string of the molecule is CCOC(=O)Cc1cc(C(F)F)c(C(F)(F)F)cc1C#N. The van der Waals surface area contributed by atoms with Gasteiger partial charge in [0.2, 0.25) is 0 Å². The van der Waals surface area contributed by atoms with Crippen LogP contribution in [0.4, 0.5) is 22.0 Å². The van der Waals surface area contributed by atoms with Crippen molar-refractivity contribution in [2.24, 2.45) is 0 Å². The maximum Gasteiger partial charge on any atom is 0.416 e. The maximum atomic E-state index is 12.8. The van der Waals surface area contributed by atoms with Gasteiger partial charge in [-0.2, -0.15) is 18.4 Å². The van der Waals surface area contributed by atoms with E-state index in [0.29, 0.717) is 12.1 Å². The summed E-state index contributed by atoms with van der Waals surface area (Å²) < 4.78 is 68.2. The monoisotopic (exact) mass is 307 g/mol. The number of alkyl halides is 5. The quantitative estimate of drug-likeness (QED) is 0.630. The van der Waals surface area contributed by atoms with Crippen LogP contribution in [0.2, 0.25) is 0 Å². The molecule has 0 amide bonds. The van der Waals surface area contributed by atoms with Crippen molar-refractivity contribution in [3.63, 3.8) is 0 Å². The van der Waals surface area contributed by atoms with Gasteiger partial charge in [-0.25, -0.2) is 8.78 Å². The fraction of sp³-hybridized carbons (Fsp3) is 0.385. The molecule has 114 valence electrons. The highest BCUT2D eigenvalue weighted by Crippen LogP contribution is 2.38.